The summed E-state index contributed by atoms with van der Waals surface area (Å²) in [6.45, 7) is 4.44. The summed E-state index contributed by atoms with van der Waals surface area (Å²) >= 11 is 11.8. The molecule has 0 aliphatic heterocycles. The van der Waals surface area contributed by atoms with E-state index in [2.05, 4.69) is 15.8 Å². The van der Waals surface area contributed by atoms with Crippen LogP contribution >= 0.6 is 23.2 Å². The summed E-state index contributed by atoms with van der Waals surface area (Å²) in [5.74, 6) is -0.332. The summed E-state index contributed by atoms with van der Waals surface area (Å²) < 4.78 is 16.7. The van der Waals surface area contributed by atoms with E-state index in [0.29, 0.717) is 40.9 Å². The quantitative estimate of drug-likeness (QED) is 0.132. The Morgan fingerprint density at radius 2 is 1.62 bits per heavy atom. The van der Waals surface area contributed by atoms with Gasteiger partial charge in [0.15, 0.2) is 11.5 Å². The highest BCUT2D eigenvalue weighted by molar-refractivity contribution is 6.42. The molecule has 0 aliphatic carbocycles. The van der Waals surface area contributed by atoms with Crippen molar-refractivity contribution in [3.8, 4) is 17.2 Å². The maximum atomic E-state index is 12.6. The molecular weight excluding hydrogens is 545 g/mol. The fourth-order valence-electron chi connectivity index (χ4n) is 3.14. The lowest BCUT2D eigenvalue weighted by atomic mass is 10.2. The van der Waals surface area contributed by atoms with Gasteiger partial charge < -0.3 is 19.5 Å². The molecule has 0 radical (unpaired) electrons. The van der Waals surface area contributed by atoms with Crippen molar-refractivity contribution in [2.75, 3.05) is 19.8 Å². The molecule has 9 nitrogen and oxygen atoms in total. The number of rotatable bonds is 12. The lowest BCUT2D eigenvalue weighted by Crippen LogP contribution is -2.34. The Hall–Kier alpha value is -4.08. The van der Waals surface area contributed by atoms with Crippen LogP contribution in [-0.2, 0) is 4.79 Å². The van der Waals surface area contributed by atoms with Crippen molar-refractivity contribution < 1.29 is 28.6 Å². The molecule has 3 aromatic carbocycles. The zero-order valence-corrected chi connectivity index (χ0v) is 22.8. The lowest BCUT2D eigenvalue weighted by molar-refractivity contribution is -0.120. The Bertz CT molecular complexity index is 1350. The number of amides is 2. The SMILES string of the molecule is CCCOc1ccc(C(=O)Oc2ccc(/C=N/NC(=O)CNC(=O)c3ccc(Cl)c(Cl)c3)cc2OCC)cc1. The number of hydrazone groups is 1. The first kappa shape index (κ1) is 29.5. The van der Waals surface area contributed by atoms with Crippen molar-refractivity contribution in [1.29, 1.82) is 0 Å². The smallest absolute Gasteiger partial charge is 0.343 e. The van der Waals surface area contributed by atoms with Gasteiger partial charge in [0.1, 0.15) is 5.75 Å². The largest absolute Gasteiger partial charge is 0.494 e. The number of nitrogens with one attached hydrogen (secondary N) is 2. The third-order valence-corrected chi connectivity index (χ3v) is 5.77. The highest BCUT2D eigenvalue weighted by atomic mass is 35.5. The zero-order valence-electron chi connectivity index (χ0n) is 21.3. The summed E-state index contributed by atoms with van der Waals surface area (Å²) in [5.41, 5.74) is 3.54. The first-order valence-electron chi connectivity index (χ1n) is 12.1. The Balaban J connectivity index is 1.56. The van der Waals surface area contributed by atoms with Crippen molar-refractivity contribution >= 4 is 47.2 Å². The van der Waals surface area contributed by atoms with Crippen LogP contribution in [0.5, 0.6) is 17.2 Å². The van der Waals surface area contributed by atoms with Crippen molar-refractivity contribution in [2.24, 2.45) is 5.10 Å². The van der Waals surface area contributed by atoms with E-state index in [1.54, 1.807) is 49.4 Å². The average Bonchev–Trinajstić information content (AvgIpc) is 2.93. The van der Waals surface area contributed by atoms with Gasteiger partial charge in [-0.25, -0.2) is 10.2 Å². The fourth-order valence-corrected chi connectivity index (χ4v) is 3.44. The third-order valence-electron chi connectivity index (χ3n) is 5.03. The lowest BCUT2D eigenvalue weighted by Gasteiger charge is -2.12. The summed E-state index contributed by atoms with van der Waals surface area (Å²) in [4.78, 5) is 36.9. The molecule has 0 unspecified atom stereocenters. The second kappa shape index (κ2) is 14.8. The Morgan fingerprint density at radius 3 is 2.31 bits per heavy atom. The minimum absolute atomic E-state index is 0.233. The number of nitrogens with zero attached hydrogens (tertiary/aromatic N) is 1. The number of ether oxygens (including phenoxy) is 3. The van der Waals surface area contributed by atoms with Gasteiger partial charge in [0.25, 0.3) is 11.8 Å². The number of halogens is 2. The molecule has 0 saturated carbocycles. The van der Waals surface area contributed by atoms with Crippen molar-refractivity contribution in [2.45, 2.75) is 20.3 Å². The average molecular weight is 572 g/mol. The van der Waals surface area contributed by atoms with Gasteiger partial charge in [-0.1, -0.05) is 30.1 Å². The van der Waals surface area contributed by atoms with E-state index in [4.69, 9.17) is 37.4 Å². The molecule has 0 heterocycles. The van der Waals surface area contributed by atoms with Crippen molar-refractivity contribution in [1.82, 2.24) is 10.7 Å². The molecule has 204 valence electrons. The highest BCUT2D eigenvalue weighted by Crippen LogP contribution is 2.29. The third kappa shape index (κ3) is 9.01. The molecule has 39 heavy (non-hydrogen) atoms. The van der Waals surface area contributed by atoms with Gasteiger partial charge in [-0.2, -0.15) is 5.10 Å². The van der Waals surface area contributed by atoms with E-state index in [-0.39, 0.29) is 22.9 Å². The van der Waals surface area contributed by atoms with E-state index in [9.17, 15) is 14.4 Å². The summed E-state index contributed by atoms with van der Waals surface area (Å²) in [6.07, 6.45) is 2.28. The molecule has 3 aromatic rings. The molecule has 2 N–H and O–H groups in total. The molecule has 11 heteroatoms. The van der Waals surface area contributed by atoms with Crippen LogP contribution in [0.1, 0.15) is 46.5 Å². The van der Waals surface area contributed by atoms with Crippen molar-refractivity contribution in [3.63, 3.8) is 0 Å². The Morgan fingerprint density at radius 1 is 0.872 bits per heavy atom. The number of benzene rings is 3. The molecule has 0 bridgehead atoms. The van der Waals surface area contributed by atoms with E-state index < -0.39 is 17.8 Å². The fraction of sp³-hybridized carbons (Fsp3) is 0.214. The van der Waals surface area contributed by atoms with Crippen LogP contribution < -0.4 is 25.0 Å². The van der Waals surface area contributed by atoms with Gasteiger partial charge in [-0.3, -0.25) is 9.59 Å². The molecule has 0 atom stereocenters. The summed E-state index contributed by atoms with van der Waals surface area (Å²) in [5, 5.41) is 6.92. The van der Waals surface area contributed by atoms with Crippen LogP contribution in [0.25, 0.3) is 0 Å². The first-order valence-corrected chi connectivity index (χ1v) is 12.8. The molecule has 0 spiro atoms. The second-order valence-electron chi connectivity index (χ2n) is 8.01. The van der Waals surface area contributed by atoms with Crippen LogP contribution in [0.4, 0.5) is 0 Å². The van der Waals surface area contributed by atoms with Gasteiger partial charge in [-0.15, -0.1) is 0 Å². The van der Waals surface area contributed by atoms with E-state index in [0.717, 1.165) is 6.42 Å². The van der Waals surface area contributed by atoms with Crippen LogP contribution in [0.15, 0.2) is 65.8 Å². The van der Waals surface area contributed by atoms with E-state index in [1.165, 1.54) is 24.4 Å². The number of carbonyl (C=O) groups excluding carboxylic acids is 3. The normalized spacial score (nSPS) is 10.7. The Labute approximate surface area is 236 Å². The molecule has 3 rings (SSSR count). The van der Waals surface area contributed by atoms with Gasteiger partial charge >= 0.3 is 5.97 Å². The number of hydrogen-bond acceptors (Lipinski definition) is 7. The molecule has 0 aromatic heterocycles. The molecular formula is C28H27Cl2N3O6. The van der Waals surface area contributed by atoms with Crippen LogP contribution in [-0.4, -0.2) is 43.8 Å². The zero-order chi connectivity index (χ0) is 28.2. The molecule has 0 fully saturated rings. The van der Waals surface area contributed by atoms with Crippen LogP contribution in [0.3, 0.4) is 0 Å². The summed E-state index contributed by atoms with van der Waals surface area (Å²) in [6, 6.07) is 15.9. The Kier molecular flexibility index (Phi) is 11.1. The number of esters is 1. The monoisotopic (exact) mass is 571 g/mol. The van der Waals surface area contributed by atoms with Gasteiger partial charge in [-0.05, 0) is 79.6 Å². The van der Waals surface area contributed by atoms with Gasteiger partial charge in [0.05, 0.1) is 41.6 Å². The standard InChI is InChI=1S/C28H27Cl2N3O6/c1-3-13-38-21-9-6-19(7-10-21)28(36)39-24-12-5-18(14-25(24)37-4-2)16-32-33-26(34)17-31-27(35)20-8-11-22(29)23(30)15-20/h5-12,14-16H,3-4,13,17H2,1-2H3,(H,31,35)(H,33,34)/b32-16+. The summed E-state index contributed by atoms with van der Waals surface area (Å²) in [7, 11) is 0. The number of hydrogen-bond donors (Lipinski definition) is 2. The first-order chi connectivity index (χ1) is 18.8. The van der Waals surface area contributed by atoms with E-state index >= 15 is 0 Å². The highest BCUT2D eigenvalue weighted by Gasteiger charge is 2.14. The van der Waals surface area contributed by atoms with Gasteiger partial charge in [0.2, 0.25) is 0 Å². The van der Waals surface area contributed by atoms with Crippen LogP contribution in [0, 0.1) is 0 Å². The number of carbonyl (C=O) groups is 3. The minimum atomic E-state index is -0.547. The maximum Gasteiger partial charge on any atom is 0.343 e. The van der Waals surface area contributed by atoms with Gasteiger partial charge in [0, 0.05) is 5.56 Å². The predicted molar refractivity (Wildman–Crippen MR) is 149 cm³/mol. The predicted octanol–water partition coefficient (Wildman–Crippen LogP) is 5.28. The van der Waals surface area contributed by atoms with E-state index in [1.807, 2.05) is 6.92 Å². The topological polar surface area (TPSA) is 115 Å². The minimum Gasteiger partial charge on any atom is -0.494 e. The molecule has 2 amide bonds. The molecule has 0 aliphatic rings. The molecule has 0 saturated heterocycles. The maximum absolute atomic E-state index is 12.6. The second-order valence-corrected chi connectivity index (χ2v) is 8.82. The van der Waals surface area contributed by atoms with Crippen LogP contribution in [0.2, 0.25) is 10.0 Å². The van der Waals surface area contributed by atoms with Crippen molar-refractivity contribution in [3.05, 3.63) is 87.4 Å².